The smallest absolute Gasteiger partial charge is 0.282 e. The van der Waals surface area contributed by atoms with Crippen LogP contribution in [0.15, 0.2) is 59.8 Å². The number of hydrogen-bond donors (Lipinski definition) is 2. The van der Waals surface area contributed by atoms with Crippen molar-refractivity contribution in [3.8, 4) is 5.75 Å². The van der Waals surface area contributed by atoms with Gasteiger partial charge in [0.05, 0.1) is 10.6 Å². The van der Waals surface area contributed by atoms with Crippen molar-refractivity contribution in [1.82, 2.24) is 9.36 Å². The lowest BCUT2D eigenvalue weighted by Gasteiger charge is -2.20. The van der Waals surface area contributed by atoms with Gasteiger partial charge in [0, 0.05) is 24.1 Å². The number of ether oxygens (including phenoxy) is 1. The summed E-state index contributed by atoms with van der Waals surface area (Å²) in [5.74, 6) is 0.300. The van der Waals surface area contributed by atoms with E-state index < -0.39 is 16.4 Å². The largest absolute Gasteiger partial charge is 0.444 e. The molecule has 0 saturated carbocycles. The van der Waals surface area contributed by atoms with Crippen LogP contribution in [0.3, 0.4) is 0 Å². The first kappa shape index (κ1) is 16.8. The number of rotatable bonds is 5. The molecule has 26 heavy (non-hydrogen) atoms. The number of nitrogens with one attached hydrogen (secondary N) is 1. The summed E-state index contributed by atoms with van der Waals surface area (Å²) >= 11 is 0.941. The summed E-state index contributed by atoms with van der Waals surface area (Å²) in [6, 6.07) is 14.1. The Morgan fingerprint density at radius 3 is 2.77 bits per heavy atom. The van der Waals surface area contributed by atoms with Crippen LogP contribution in [0, 0.1) is 0 Å². The number of fused-ring (bicyclic) bond motifs is 1. The summed E-state index contributed by atoms with van der Waals surface area (Å²) in [4.78, 5) is 5.47. The molecule has 1 unspecified atom stereocenters. The van der Waals surface area contributed by atoms with Gasteiger partial charge < -0.3 is 14.7 Å². The second-order valence-electron chi connectivity index (χ2n) is 5.54. The zero-order valence-electron chi connectivity index (χ0n) is 13.3. The van der Waals surface area contributed by atoms with E-state index in [1.807, 2.05) is 30.3 Å². The molecule has 1 aliphatic rings. The number of anilines is 2. The second kappa shape index (κ2) is 6.56. The topological polar surface area (TPSA) is 105 Å². The molecule has 2 heterocycles. The van der Waals surface area contributed by atoms with Gasteiger partial charge in [0.1, 0.15) is 12.1 Å². The number of aromatic nitrogens is 2. The predicted octanol–water partition coefficient (Wildman–Crippen LogP) is 2.01. The summed E-state index contributed by atoms with van der Waals surface area (Å²) in [5, 5.41) is 10.4. The van der Waals surface area contributed by atoms with Crippen molar-refractivity contribution in [2.45, 2.75) is 17.9 Å². The Hall–Kier alpha value is -2.69. The SMILES string of the molecule is O=S(=O)(Nc1ncns1)c1ccc2c(c1)OC(O)N2Cc1ccccc1. The van der Waals surface area contributed by atoms with Gasteiger partial charge in [-0.2, -0.15) is 4.37 Å². The number of aliphatic hydroxyl groups is 1. The van der Waals surface area contributed by atoms with E-state index in [2.05, 4.69) is 14.1 Å². The average Bonchev–Trinajstić information content (AvgIpc) is 3.23. The first-order valence-electron chi connectivity index (χ1n) is 7.62. The van der Waals surface area contributed by atoms with E-state index in [0.29, 0.717) is 18.0 Å². The fourth-order valence-corrected chi connectivity index (χ4v) is 4.30. The van der Waals surface area contributed by atoms with Crippen LogP contribution in [0.5, 0.6) is 5.75 Å². The lowest BCUT2D eigenvalue weighted by atomic mass is 10.2. The Kier molecular flexibility index (Phi) is 4.23. The summed E-state index contributed by atoms with van der Waals surface area (Å²) in [6.07, 6.45) is 0.0888. The summed E-state index contributed by atoms with van der Waals surface area (Å²) in [5.41, 5.74) is 1.62. The lowest BCUT2D eigenvalue weighted by Crippen LogP contribution is -2.33. The molecule has 0 bridgehead atoms. The molecule has 1 aliphatic heterocycles. The standard InChI is InChI=1S/C16H14N4O4S2/c21-16-20(9-11-4-2-1-3-5-11)13-7-6-12(8-14(13)24-16)26(22,23)19-15-17-10-18-25-15/h1-8,10,16,21H,9H2,(H,17,18,19). The molecule has 134 valence electrons. The van der Waals surface area contributed by atoms with Crippen LogP contribution < -0.4 is 14.4 Å². The van der Waals surface area contributed by atoms with Crippen LogP contribution in [0.4, 0.5) is 10.8 Å². The number of aliphatic hydroxyl groups excluding tert-OH is 1. The molecule has 0 amide bonds. The molecule has 0 fully saturated rings. The third kappa shape index (κ3) is 3.21. The fourth-order valence-electron chi connectivity index (χ4n) is 2.62. The van der Waals surface area contributed by atoms with Gasteiger partial charge in [-0.1, -0.05) is 30.3 Å². The Labute approximate surface area is 153 Å². The Balaban J connectivity index is 1.61. The van der Waals surface area contributed by atoms with Gasteiger partial charge in [-0.15, -0.1) is 0 Å². The van der Waals surface area contributed by atoms with Crippen molar-refractivity contribution in [2.75, 3.05) is 9.62 Å². The summed E-state index contributed by atoms with van der Waals surface area (Å²) in [7, 11) is -3.82. The van der Waals surface area contributed by atoms with E-state index in [1.54, 1.807) is 11.0 Å². The van der Waals surface area contributed by atoms with Crippen molar-refractivity contribution >= 4 is 32.4 Å². The molecule has 10 heteroatoms. The van der Waals surface area contributed by atoms with Gasteiger partial charge in [0.15, 0.2) is 0 Å². The molecular formula is C16H14N4O4S2. The third-order valence-electron chi connectivity index (χ3n) is 3.83. The van der Waals surface area contributed by atoms with Gasteiger partial charge in [0.2, 0.25) is 5.13 Å². The number of hydrogen-bond acceptors (Lipinski definition) is 8. The monoisotopic (exact) mass is 390 g/mol. The van der Waals surface area contributed by atoms with Crippen LogP contribution in [-0.4, -0.2) is 29.3 Å². The summed E-state index contributed by atoms with van der Waals surface area (Å²) < 4.78 is 36.4. The molecule has 4 rings (SSSR count). The van der Waals surface area contributed by atoms with E-state index in [0.717, 1.165) is 17.1 Å². The normalized spacial score (nSPS) is 16.2. The van der Waals surface area contributed by atoms with E-state index in [4.69, 9.17) is 4.74 Å². The van der Waals surface area contributed by atoms with Crippen molar-refractivity contribution in [1.29, 1.82) is 0 Å². The van der Waals surface area contributed by atoms with Crippen LogP contribution in [0.25, 0.3) is 0 Å². The third-order valence-corrected chi connectivity index (χ3v) is 5.87. The first-order valence-corrected chi connectivity index (χ1v) is 9.87. The van der Waals surface area contributed by atoms with Crippen molar-refractivity contribution < 1.29 is 18.3 Å². The fraction of sp³-hybridized carbons (Fsp3) is 0.125. The Morgan fingerprint density at radius 1 is 1.23 bits per heavy atom. The van der Waals surface area contributed by atoms with E-state index in [-0.39, 0.29) is 10.0 Å². The zero-order chi connectivity index (χ0) is 18.1. The number of nitrogens with zero attached hydrogens (tertiary/aromatic N) is 3. The molecule has 0 spiro atoms. The second-order valence-corrected chi connectivity index (χ2v) is 8.00. The van der Waals surface area contributed by atoms with E-state index >= 15 is 0 Å². The maximum Gasteiger partial charge on any atom is 0.282 e. The molecule has 2 N–H and O–H groups in total. The van der Waals surface area contributed by atoms with Crippen molar-refractivity contribution in [3.05, 3.63) is 60.4 Å². The minimum Gasteiger partial charge on any atom is -0.444 e. The highest BCUT2D eigenvalue weighted by atomic mass is 32.2. The molecular weight excluding hydrogens is 376 g/mol. The highest BCUT2D eigenvalue weighted by Gasteiger charge is 2.31. The molecule has 8 nitrogen and oxygen atoms in total. The van der Waals surface area contributed by atoms with Crippen LogP contribution >= 0.6 is 11.5 Å². The molecule has 0 saturated heterocycles. The van der Waals surface area contributed by atoms with Crippen LogP contribution in [-0.2, 0) is 16.6 Å². The van der Waals surface area contributed by atoms with Crippen LogP contribution in [0.2, 0.25) is 0 Å². The maximum absolute atomic E-state index is 12.4. The van der Waals surface area contributed by atoms with Crippen molar-refractivity contribution in [3.63, 3.8) is 0 Å². The predicted molar refractivity (Wildman–Crippen MR) is 96.4 cm³/mol. The minimum absolute atomic E-state index is 0.0141. The summed E-state index contributed by atoms with van der Waals surface area (Å²) in [6.45, 7) is 0.435. The molecule has 1 atom stereocenters. The number of sulfonamides is 1. The zero-order valence-corrected chi connectivity index (χ0v) is 14.9. The highest BCUT2D eigenvalue weighted by Crippen LogP contribution is 2.39. The molecule has 0 radical (unpaired) electrons. The minimum atomic E-state index is -3.82. The van der Waals surface area contributed by atoms with Crippen molar-refractivity contribution in [2.24, 2.45) is 0 Å². The Morgan fingerprint density at radius 2 is 2.04 bits per heavy atom. The molecule has 3 aromatic rings. The van der Waals surface area contributed by atoms with Gasteiger partial charge in [-0.25, -0.2) is 13.4 Å². The van der Waals surface area contributed by atoms with Gasteiger partial charge in [-0.3, -0.25) is 4.72 Å². The lowest BCUT2D eigenvalue weighted by molar-refractivity contribution is -0.00387. The molecule has 0 aliphatic carbocycles. The maximum atomic E-state index is 12.4. The number of benzene rings is 2. The quantitative estimate of drug-likeness (QED) is 0.687. The molecule has 2 aromatic carbocycles. The van der Waals surface area contributed by atoms with E-state index in [1.165, 1.54) is 18.5 Å². The molecule has 1 aromatic heterocycles. The van der Waals surface area contributed by atoms with Crippen LogP contribution in [0.1, 0.15) is 5.56 Å². The van der Waals surface area contributed by atoms with Gasteiger partial charge >= 0.3 is 0 Å². The first-order chi connectivity index (χ1) is 12.5. The Bertz CT molecular complexity index is 1010. The van der Waals surface area contributed by atoms with E-state index in [9.17, 15) is 13.5 Å². The van der Waals surface area contributed by atoms with Gasteiger partial charge in [-0.05, 0) is 17.7 Å². The highest BCUT2D eigenvalue weighted by molar-refractivity contribution is 7.93. The van der Waals surface area contributed by atoms with Gasteiger partial charge in [0.25, 0.3) is 16.4 Å². The average molecular weight is 390 g/mol.